The predicted octanol–water partition coefficient (Wildman–Crippen LogP) is 3.30. The van der Waals surface area contributed by atoms with Gasteiger partial charge in [-0.3, -0.25) is 9.79 Å². The number of carbonyl (C=O) groups is 1. The van der Waals surface area contributed by atoms with Crippen LogP contribution in [0.2, 0.25) is 0 Å². The number of carbonyl (C=O) groups excluding carboxylic acids is 1. The van der Waals surface area contributed by atoms with Gasteiger partial charge in [0.15, 0.2) is 5.96 Å². The van der Waals surface area contributed by atoms with E-state index in [1.54, 1.807) is 7.05 Å². The molecule has 27 heavy (non-hydrogen) atoms. The lowest BCUT2D eigenvalue weighted by atomic mass is 9.87. The quantitative estimate of drug-likeness (QED) is 0.630. The maximum Gasteiger partial charge on any atom is 0.225 e. The lowest BCUT2D eigenvalue weighted by Crippen LogP contribution is -2.50. The molecule has 0 radical (unpaired) electrons. The summed E-state index contributed by atoms with van der Waals surface area (Å²) in [5, 5.41) is 6.90. The van der Waals surface area contributed by atoms with Gasteiger partial charge in [0.2, 0.25) is 5.91 Å². The number of nitrogens with zero attached hydrogens (tertiary/aromatic N) is 2. The van der Waals surface area contributed by atoms with E-state index in [1.807, 2.05) is 18.7 Å². The Hall–Kier alpha value is -2.04. The topological polar surface area (TPSA) is 56.7 Å². The summed E-state index contributed by atoms with van der Waals surface area (Å²) in [4.78, 5) is 18.4. The molecule has 1 aromatic carbocycles. The zero-order chi connectivity index (χ0) is 20.0. The zero-order valence-electron chi connectivity index (χ0n) is 17.8. The molecule has 0 unspecified atom stereocenters. The number of hydrogen-bond acceptors (Lipinski definition) is 2. The molecule has 1 fully saturated rings. The van der Waals surface area contributed by atoms with Crippen LogP contribution in [0.25, 0.3) is 0 Å². The Bertz CT molecular complexity index is 635. The molecular formula is C22H36N4O. The highest BCUT2D eigenvalue weighted by Crippen LogP contribution is 2.22. The molecule has 150 valence electrons. The van der Waals surface area contributed by atoms with Crippen molar-refractivity contribution in [3.05, 3.63) is 35.4 Å². The van der Waals surface area contributed by atoms with E-state index in [0.29, 0.717) is 6.04 Å². The summed E-state index contributed by atoms with van der Waals surface area (Å²) in [6.07, 6.45) is 1.92. The average molecular weight is 373 g/mol. The second-order valence-corrected chi connectivity index (χ2v) is 8.77. The Kier molecular flexibility index (Phi) is 7.28. The van der Waals surface area contributed by atoms with Crippen molar-refractivity contribution in [1.29, 1.82) is 0 Å². The molecule has 2 rings (SSSR count). The predicted molar refractivity (Wildman–Crippen MR) is 113 cm³/mol. The fourth-order valence-electron chi connectivity index (χ4n) is 3.31. The van der Waals surface area contributed by atoms with Gasteiger partial charge in [0, 0.05) is 38.6 Å². The number of aliphatic imine (C=N–C) groups is 1. The highest BCUT2D eigenvalue weighted by Gasteiger charge is 2.24. The molecule has 1 aliphatic heterocycles. The third-order valence-corrected chi connectivity index (χ3v) is 5.14. The summed E-state index contributed by atoms with van der Waals surface area (Å²) < 4.78 is 0. The zero-order valence-corrected chi connectivity index (χ0v) is 17.8. The van der Waals surface area contributed by atoms with Gasteiger partial charge in [0.05, 0.1) is 0 Å². The fraction of sp³-hybridized carbons (Fsp3) is 0.636. The first kappa shape index (κ1) is 21.3. The minimum atomic E-state index is 0.0774. The Balaban J connectivity index is 1.81. The van der Waals surface area contributed by atoms with Crippen LogP contribution in [0.4, 0.5) is 0 Å². The second-order valence-electron chi connectivity index (χ2n) is 8.77. The van der Waals surface area contributed by atoms with E-state index in [9.17, 15) is 4.79 Å². The van der Waals surface area contributed by atoms with Crippen molar-refractivity contribution in [3.8, 4) is 0 Å². The number of nitrogens with one attached hydrogen (secondary N) is 2. The molecular weight excluding hydrogens is 336 g/mol. The number of benzene rings is 1. The molecule has 5 heteroatoms. The summed E-state index contributed by atoms with van der Waals surface area (Å²) in [5.41, 5.74) is 2.76. The van der Waals surface area contributed by atoms with Crippen LogP contribution in [0, 0.1) is 5.92 Å². The van der Waals surface area contributed by atoms with Gasteiger partial charge in [-0.15, -0.1) is 0 Å². The van der Waals surface area contributed by atoms with Crippen LogP contribution in [0.5, 0.6) is 0 Å². The SMILES string of the molecule is CN=C(NCc1ccc(C(C)(C)C)cc1)NC1CCN(C(=O)C(C)C)CC1. The first-order chi connectivity index (χ1) is 12.7. The number of amides is 1. The minimum absolute atomic E-state index is 0.0774. The van der Waals surface area contributed by atoms with E-state index in [1.165, 1.54) is 11.1 Å². The third-order valence-electron chi connectivity index (χ3n) is 5.14. The Morgan fingerprint density at radius 1 is 1.19 bits per heavy atom. The number of piperidine rings is 1. The average Bonchev–Trinajstić information content (AvgIpc) is 2.64. The van der Waals surface area contributed by atoms with Gasteiger partial charge in [-0.1, -0.05) is 58.9 Å². The lowest BCUT2D eigenvalue weighted by molar-refractivity contribution is -0.135. The maximum atomic E-state index is 12.1. The van der Waals surface area contributed by atoms with Gasteiger partial charge >= 0.3 is 0 Å². The molecule has 0 aliphatic carbocycles. The lowest BCUT2D eigenvalue weighted by Gasteiger charge is -2.34. The monoisotopic (exact) mass is 372 g/mol. The first-order valence-corrected chi connectivity index (χ1v) is 10.1. The molecule has 1 aliphatic rings. The van der Waals surface area contributed by atoms with E-state index in [0.717, 1.165) is 38.4 Å². The molecule has 0 saturated carbocycles. The van der Waals surface area contributed by atoms with Crippen molar-refractivity contribution in [2.45, 2.75) is 65.5 Å². The molecule has 1 amide bonds. The molecule has 0 bridgehead atoms. The second kappa shape index (κ2) is 9.25. The maximum absolute atomic E-state index is 12.1. The number of rotatable bonds is 4. The van der Waals surface area contributed by atoms with Crippen molar-refractivity contribution >= 4 is 11.9 Å². The smallest absolute Gasteiger partial charge is 0.225 e. The van der Waals surface area contributed by atoms with Crippen molar-refractivity contribution in [1.82, 2.24) is 15.5 Å². The van der Waals surface area contributed by atoms with Gasteiger partial charge < -0.3 is 15.5 Å². The van der Waals surface area contributed by atoms with E-state index in [2.05, 4.69) is 60.7 Å². The van der Waals surface area contributed by atoms with Crippen molar-refractivity contribution in [2.75, 3.05) is 20.1 Å². The normalized spacial score (nSPS) is 16.6. The first-order valence-electron chi connectivity index (χ1n) is 10.1. The van der Waals surface area contributed by atoms with Crippen LogP contribution < -0.4 is 10.6 Å². The van der Waals surface area contributed by atoms with E-state index in [-0.39, 0.29) is 17.2 Å². The molecule has 0 aromatic heterocycles. The van der Waals surface area contributed by atoms with Crippen molar-refractivity contribution in [3.63, 3.8) is 0 Å². The summed E-state index contributed by atoms with van der Waals surface area (Å²) in [7, 11) is 1.80. The molecule has 1 saturated heterocycles. The van der Waals surface area contributed by atoms with Gasteiger partial charge in [0.25, 0.3) is 0 Å². The fourth-order valence-corrected chi connectivity index (χ4v) is 3.31. The Morgan fingerprint density at radius 3 is 2.26 bits per heavy atom. The van der Waals surface area contributed by atoms with Crippen LogP contribution >= 0.6 is 0 Å². The number of likely N-dealkylation sites (tertiary alicyclic amines) is 1. The molecule has 1 aromatic rings. The summed E-state index contributed by atoms with van der Waals surface area (Å²) in [6.45, 7) is 13.0. The van der Waals surface area contributed by atoms with Gasteiger partial charge in [-0.2, -0.15) is 0 Å². The molecule has 0 spiro atoms. The molecule has 2 N–H and O–H groups in total. The standard InChI is InChI=1S/C22H36N4O/c1-16(2)20(27)26-13-11-19(12-14-26)25-21(23-6)24-15-17-7-9-18(10-8-17)22(3,4)5/h7-10,16,19H,11-15H2,1-6H3,(H2,23,24,25). The highest BCUT2D eigenvalue weighted by molar-refractivity contribution is 5.80. The Morgan fingerprint density at radius 2 is 1.78 bits per heavy atom. The molecule has 0 atom stereocenters. The van der Waals surface area contributed by atoms with E-state index >= 15 is 0 Å². The van der Waals surface area contributed by atoms with Gasteiger partial charge in [-0.05, 0) is 29.4 Å². The van der Waals surface area contributed by atoms with Crippen LogP contribution in [-0.4, -0.2) is 42.9 Å². The van der Waals surface area contributed by atoms with Crippen LogP contribution in [-0.2, 0) is 16.8 Å². The van der Waals surface area contributed by atoms with Gasteiger partial charge in [-0.25, -0.2) is 0 Å². The minimum Gasteiger partial charge on any atom is -0.354 e. The van der Waals surface area contributed by atoms with E-state index in [4.69, 9.17) is 0 Å². The highest BCUT2D eigenvalue weighted by atomic mass is 16.2. The summed E-state index contributed by atoms with van der Waals surface area (Å²) in [6, 6.07) is 9.12. The number of hydrogen-bond donors (Lipinski definition) is 2. The molecule has 5 nitrogen and oxygen atoms in total. The van der Waals surface area contributed by atoms with Crippen molar-refractivity contribution in [2.24, 2.45) is 10.9 Å². The largest absolute Gasteiger partial charge is 0.354 e. The van der Waals surface area contributed by atoms with Crippen molar-refractivity contribution < 1.29 is 4.79 Å². The summed E-state index contributed by atoms with van der Waals surface area (Å²) >= 11 is 0. The van der Waals surface area contributed by atoms with Crippen LogP contribution in [0.3, 0.4) is 0 Å². The molecule has 1 heterocycles. The Labute approximate surface area is 164 Å². The van der Waals surface area contributed by atoms with E-state index < -0.39 is 0 Å². The summed E-state index contributed by atoms with van der Waals surface area (Å²) in [5.74, 6) is 1.16. The van der Waals surface area contributed by atoms with Crippen LogP contribution in [0.15, 0.2) is 29.3 Å². The number of guanidine groups is 1. The third kappa shape index (κ3) is 6.26. The van der Waals surface area contributed by atoms with Gasteiger partial charge in [0.1, 0.15) is 0 Å². The van der Waals surface area contributed by atoms with Crippen LogP contribution in [0.1, 0.15) is 58.6 Å².